The third kappa shape index (κ3) is 6.71. The highest BCUT2D eigenvalue weighted by molar-refractivity contribution is 6.03. The number of nitrogens with one attached hydrogen (secondary N) is 1. The molecule has 8 nitrogen and oxygen atoms in total. The average molecular weight is 517 g/mol. The highest BCUT2D eigenvalue weighted by Gasteiger charge is 2.63. The van der Waals surface area contributed by atoms with Crippen molar-refractivity contribution in [1.82, 2.24) is 20.0 Å². The van der Waals surface area contributed by atoms with Crippen molar-refractivity contribution in [3.8, 4) is 0 Å². The Hall–Kier alpha value is -2.45. The van der Waals surface area contributed by atoms with E-state index in [0.29, 0.717) is 25.9 Å². The van der Waals surface area contributed by atoms with Gasteiger partial charge in [0.25, 0.3) is 5.91 Å². The van der Waals surface area contributed by atoms with Gasteiger partial charge in [0.2, 0.25) is 5.91 Å². The number of imide groups is 1. The van der Waals surface area contributed by atoms with Crippen LogP contribution in [0.25, 0.3) is 0 Å². The number of carbonyl (C=O) groups excluding carboxylic acids is 3. The summed E-state index contributed by atoms with van der Waals surface area (Å²) >= 11 is 0. The Morgan fingerprint density at radius 2 is 1.68 bits per heavy atom. The summed E-state index contributed by atoms with van der Waals surface area (Å²) < 4.78 is 6.43. The summed E-state index contributed by atoms with van der Waals surface area (Å²) in [4.78, 5) is 45.4. The SMILES string of the molecule is CCC[C@@H](NC(=O)N1C(=O)C(CC)(CC)[C@@H]1OC(C)(C)C(=O)N(CC)CCN(C)C)c1ccc(C)cc1. The maximum atomic E-state index is 13.5. The molecule has 0 bridgehead atoms. The molecule has 208 valence electrons. The molecule has 1 N–H and O–H groups in total. The van der Waals surface area contributed by atoms with Gasteiger partial charge in [-0.3, -0.25) is 9.59 Å². The van der Waals surface area contributed by atoms with E-state index in [4.69, 9.17) is 4.74 Å². The van der Waals surface area contributed by atoms with Crippen LogP contribution in [0.1, 0.15) is 84.4 Å². The molecule has 1 heterocycles. The summed E-state index contributed by atoms with van der Waals surface area (Å²) in [5.74, 6) is -0.400. The molecule has 0 unspecified atom stereocenters. The summed E-state index contributed by atoms with van der Waals surface area (Å²) in [7, 11) is 3.94. The molecular weight excluding hydrogens is 468 g/mol. The molecule has 0 spiro atoms. The maximum Gasteiger partial charge on any atom is 0.326 e. The van der Waals surface area contributed by atoms with E-state index >= 15 is 0 Å². The normalized spacial score (nSPS) is 17.9. The van der Waals surface area contributed by atoms with Crippen molar-refractivity contribution in [3.05, 3.63) is 35.4 Å². The molecule has 2 atom stereocenters. The first kappa shape index (κ1) is 30.8. The average Bonchev–Trinajstić information content (AvgIpc) is 2.85. The zero-order chi connectivity index (χ0) is 28.0. The van der Waals surface area contributed by atoms with Crippen molar-refractivity contribution in [2.45, 2.75) is 92.0 Å². The zero-order valence-corrected chi connectivity index (χ0v) is 24.4. The maximum absolute atomic E-state index is 13.5. The van der Waals surface area contributed by atoms with Crippen LogP contribution in [0.3, 0.4) is 0 Å². The molecule has 0 aliphatic carbocycles. The van der Waals surface area contributed by atoms with Crippen LogP contribution >= 0.6 is 0 Å². The van der Waals surface area contributed by atoms with Crippen LogP contribution in [-0.4, -0.2) is 78.1 Å². The lowest BCUT2D eigenvalue weighted by atomic mass is 9.71. The number of amides is 4. The number of ether oxygens (including phenoxy) is 1. The number of urea groups is 1. The minimum Gasteiger partial charge on any atom is -0.341 e. The van der Waals surface area contributed by atoms with Gasteiger partial charge in [0.05, 0.1) is 11.5 Å². The van der Waals surface area contributed by atoms with E-state index < -0.39 is 23.3 Å². The van der Waals surface area contributed by atoms with Crippen molar-refractivity contribution in [2.24, 2.45) is 5.41 Å². The summed E-state index contributed by atoms with van der Waals surface area (Å²) in [6.07, 6.45) is 1.85. The van der Waals surface area contributed by atoms with E-state index in [1.54, 1.807) is 18.7 Å². The molecule has 1 aliphatic heterocycles. The molecule has 2 rings (SSSR count). The van der Waals surface area contributed by atoms with Gasteiger partial charge in [-0.1, -0.05) is 57.0 Å². The van der Waals surface area contributed by atoms with Crippen molar-refractivity contribution in [1.29, 1.82) is 0 Å². The quantitative estimate of drug-likeness (QED) is 0.384. The largest absolute Gasteiger partial charge is 0.341 e. The molecule has 0 radical (unpaired) electrons. The Balaban J connectivity index is 2.30. The van der Waals surface area contributed by atoms with E-state index in [-0.39, 0.29) is 17.9 Å². The molecule has 1 fully saturated rings. The Bertz CT molecular complexity index is 924. The lowest BCUT2D eigenvalue weighted by Crippen LogP contribution is -2.74. The Kier molecular flexibility index (Phi) is 10.7. The predicted octanol–water partition coefficient (Wildman–Crippen LogP) is 4.73. The Morgan fingerprint density at radius 1 is 1.08 bits per heavy atom. The third-order valence-corrected chi connectivity index (χ3v) is 7.59. The number of carbonyl (C=O) groups is 3. The van der Waals surface area contributed by atoms with Crippen LogP contribution in [0.4, 0.5) is 4.79 Å². The van der Waals surface area contributed by atoms with Crippen LogP contribution in [0.15, 0.2) is 24.3 Å². The highest BCUT2D eigenvalue weighted by Crippen LogP contribution is 2.47. The van der Waals surface area contributed by atoms with Gasteiger partial charge >= 0.3 is 6.03 Å². The number of rotatable bonds is 13. The number of hydrogen-bond acceptors (Lipinski definition) is 5. The topological polar surface area (TPSA) is 82.2 Å². The van der Waals surface area contributed by atoms with Crippen molar-refractivity contribution < 1.29 is 19.1 Å². The first-order valence-electron chi connectivity index (χ1n) is 13.7. The Labute approximate surface area is 223 Å². The molecule has 1 aliphatic rings. The number of likely N-dealkylation sites (tertiary alicyclic amines) is 1. The molecule has 0 saturated carbocycles. The molecule has 1 aromatic rings. The molecule has 4 amide bonds. The lowest BCUT2D eigenvalue weighted by Gasteiger charge is -2.55. The van der Waals surface area contributed by atoms with Crippen LogP contribution in [0.2, 0.25) is 0 Å². The van der Waals surface area contributed by atoms with Crippen LogP contribution in [0, 0.1) is 12.3 Å². The monoisotopic (exact) mass is 516 g/mol. The van der Waals surface area contributed by atoms with Gasteiger partial charge in [-0.2, -0.15) is 0 Å². The summed E-state index contributed by atoms with van der Waals surface area (Å²) in [5, 5.41) is 3.07. The first-order valence-corrected chi connectivity index (χ1v) is 13.7. The molecule has 1 aromatic carbocycles. The van der Waals surface area contributed by atoms with Crippen LogP contribution in [0.5, 0.6) is 0 Å². The number of benzene rings is 1. The van der Waals surface area contributed by atoms with Crippen molar-refractivity contribution in [3.63, 3.8) is 0 Å². The van der Waals surface area contributed by atoms with E-state index in [9.17, 15) is 14.4 Å². The van der Waals surface area contributed by atoms with Gasteiger partial charge in [-0.15, -0.1) is 0 Å². The van der Waals surface area contributed by atoms with Gasteiger partial charge in [0, 0.05) is 19.6 Å². The van der Waals surface area contributed by atoms with Gasteiger partial charge < -0.3 is 19.9 Å². The Morgan fingerprint density at radius 3 is 2.16 bits per heavy atom. The zero-order valence-electron chi connectivity index (χ0n) is 24.4. The van der Waals surface area contributed by atoms with Gasteiger partial charge in [-0.05, 0) is 66.6 Å². The fourth-order valence-corrected chi connectivity index (χ4v) is 4.96. The second kappa shape index (κ2) is 12.9. The van der Waals surface area contributed by atoms with E-state index in [1.807, 2.05) is 71.0 Å². The second-order valence-corrected chi connectivity index (χ2v) is 10.9. The van der Waals surface area contributed by atoms with Crippen LogP contribution in [-0.2, 0) is 14.3 Å². The lowest BCUT2D eigenvalue weighted by molar-refractivity contribution is -0.238. The molecular formula is C29H48N4O4. The molecule has 1 saturated heterocycles. The first-order chi connectivity index (χ1) is 17.4. The molecule has 37 heavy (non-hydrogen) atoms. The van der Waals surface area contributed by atoms with E-state index in [0.717, 1.165) is 30.5 Å². The smallest absolute Gasteiger partial charge is 0.326 e. The fraction of sp³-hybridized carbons (Fsp3) is 0.690. The minimum absolute atomic E-state index is 0.152. The van der Waals surface area contributed by atoms with Gasteiger partial charge in [0.15, 0.2) is 6.23 Å². The number of hydrogen-bond donors (Lipinski definition) is 1. The predicted molar refractivity (Wildman–Crippen MR) is 147 cm³/mol. The van der Waals surface area contributed by atoms with Crippen molar-refractivity contribution >= 4 is 17.8 Å². The number of aryl methyl sites for hydroxylation is 1. The van der Waals surface area contributed by atoms with E-state index in [2.05, 4.69) is 12.2 Å². The highest BCUT2D eigenvalue weighted by atomic mass is 16.5. The van der Waals surface area contributed by atoms with Crippen LogP contribution < -0.4 is 5.32 Å². The third-order valence-electron chi connectivity index (χ3n) is 7.59. The number of likely N-dealkylation sites (N-methyl/N-ethyl adjacent to an activating group) is 2. The van der Waals surface area contributed by atoms with Gasteiger partial charge in [0.1, 0.15) is 5.60 Å². The van der Waals surface area contributed by atoms with E-state index in [1.165, 1.54) is 4.90 Å². The molecule has 0 aromatic heterocycles. The van der Waals surface area contributed by atoms with Gasteiger partial charge in [-0.25, -0.2) is 9.69 Å². The summed E-state index contributed by atoms with van der Waals surface area (Å²) in [5.41, 5.74) is 0.103. The summed E-state index contributed by atoms with van der Waals surface area (Å²) in [6, 6.07) is 7.37. The second-order valence-electron chi connectivity index (χ2n) is 10.9. The molecule has 8 heteroatoms. The minimum atomic E-state index is -1.21. The number of β-lactam (4-membered cyclic amide) rings is 1. The fourth-order valence-electron chi connectivity index (χ4n) is 4.96. The standard InChI is InChI=1S/C29H48N4O4/c1-10-14-23(22-17-15-21(5)16-18-22)30-27(36)33-25(35)29(11-2,12-3)26(33)37-28(6,7)24(34)32(13-4)20-19-31(8)9/h15-18,23,26H,10-14,19-20H2,1-9H3,(H,30,36)/t23-,26+/m1/s1. The summed E-state index contributed by atoms with van der Waals surface area (Å²) in [6.45, 7) is 15.2. The number of nitrogens with zero attached hydrogens (tertiary/aromatic N) is 3. The van der Waals surface area contributed by atoms with Crippen molar-refractivity contribution in [2.75, 3.05) is 33.7 Å².